The summed E-state index contributed by atoms with van der Waals surface area (Å²) >= 11 is 0. The third-order valence-corrected chi connectivity index (χ3v) is 4.38. The number of benzene rings is 2. The number of rotatable bonds is 6. The van der Waals surface area contributed by atoms with Crippen molar-refractivity contribution in [2.45, 2.75) is 19.0 Å². The molecule has 1 aliphatic rings. The summed E-state index contributed by atoms with van der Waals surface area (Å²) in [6.07, 6.45) is 0.746. The third kappa shape index (κ3) is 4.32. The molecule has 6 heteroatoms. The van der Waals surface area contributed by atoms with E-state index in [9.17, 15) is 9.18 Å². The van der Waals surface area contributed by atoms with E-state index in [0.717, 1.165) is 23.3 Å². The number of hydrogen-bond donors (Lipinski definition) is 1. The Morgan fingerprint density at radius 2 is 2.15 bits per heavy atom. The van der Waals surface area contributed by atoms with Crippen LogP contribution in [0.5, 0.6) is 11.5 Å². The van der Waals surface area contributed by atoms with Crippen LogP contribution in [-0.2, 0) is 11.3 Å². The van der Waals surface area contributed by atoms with E-state index in [1.54, 1.807) is 12.1 Å². The number of hydrogen-bond acceptors (Lipinski definition) is 4. The highest BCUT2D eigenvalue weighted by atomic mass is 19.1. The minimum atomic E-state index is -0.401. The quantitative estimate of drug-likeness (QED) is 0.863. The van der Waals surface area contributed by atoms with Gasteiger partial charge in [-0.25, -0.2) is 4.39 Å². The Morgan fingerprint density at radius 3 is 2.92 bits per heavy atom. The standard InChI is InChI=1S/C20H23FN2O3/c1-23(12-14-7-8-19(25-2)16(21)11-14)13-20(24)22-17-9-10-26-18-6-4-3-5-15(17)18/h3-8,11,17H,9-10,12-13H2,1-2H3,(H,22,24)/t17-/m0/s1. The van der Waals surface area contributed by atoms with Gasteiger partial charge in [0.2, 0.25) is 5.91 Å². The molecule has 0 bridgehead atoms. The average molecular weight is 358 g/mol. The van der Waals surface area contributed by atoms with E-state index in [1.807, 2.05) is 36.2 Å². The van der Waals surface area contributed by atoms with Crippen LogP contribution >= 0.6 is 0 Å². The Hall–Kier alpha value is -2.60. The summed E-state index contributed by atoms with van der Waals surface area (Å²) in [4.78, 5) is 14.3. The molecule has 0 aromatic heterocycles. The van der Waals surface area contributed by atoms with Crippen LogP contribution in [0.15, 0.2) is 42.5 Å². The van der Waals surface area contributed by atoms with E-state index in [4.69, 9.17) is 9.47 Å². The lowest BCUT2D eigenvalue weighted by Crippen LogP contribution is -2.38. The van der Waals surface area contributed by atoms with Crippen molar-refractivity contribution in [3.63, 3.8) is 0 Å². The number of nitrogens with zero attached hydrogens (tertiary/aromatic N) is 1. The number of likely N-dealkylation sites (N-methyl/N-ethyl adjacent to an activating group) is 1. The van der Waals surface area contributed by atoms with Crippen LogP contribution in [0.3, 0.4) is 0 Å². The molecule has 0 fully saturated rings. The summed E-state index contributed by atoms with van der Waals surface area (Å²) in [5, 5.41) is 3.07. The molecule has 138 valence electrons. The molecule has 1 amide bonds. The lowest BCUT2D eigenvalue weighted by molar-refractivity contribution is -0.123. The van der Waals surface area contributed by atoms with Gasteiger partial charge in [-0.1, -0.05) is 24.3 Å². The molecule has 0 saturated heterocycles. The third-order valence-electron chi connectivity index (χ3n) is 4.38. The van der Waals surface area contributed by atoms with Crippen molar-refractivity contribution in [2.24, 2.45) is 0 Å². The smallest absolute Gasteiger partial charge is 0.234 e. The summed E-state index contributed by atoms with van der Waals surface area (Å²) in [5.74, 6) is 0.572. The van der Waals surface area contributed by atoms with Crippen molar-refractivity contribution < 1.29 is 18.7 Å². The van der Waals surface area contributed by atoms with E-state index >= 15 is 0 Å². The predicted molar refractivity (Wildman–Crippen MR) is 96.7 cm³/mol. The minimum Gasteiger partial charge on any atom is -0.494 e. The minimum absolute atomic E-state index is 0.0423. The molecule has 1 atom stereocenters. The first-order valence-corrected chi connectivity index (χ1v) is 8.59. The molecule has 26 heavy (non-hydrogen) atoms. The topological polar surface area (TPSA) is 50.8 Å². The highest BCUT2D eigenvalue weighted by Gasteiger charge is 2.22. The first-order valence-electron chi connectivity index (χ1n) is 8.59. The highest BCUT2D eigenvalue weighted by molar-refractivity contribution is 5.78. The summed E-state index contributed by atoms with van der Waals surface area (Å²) in [7, 11) is 3.27. The van der Waals surface area contributed by atoms with Gasteiger partial charge in [0.15, 0.2) is 11.6 Å². The zero-order valence-corrected chi connectivity index (χ0v) is 15.0. The number of para-hydroxylation sites is 1. The molecule has 0 spiro atoms. The van der Waals surface area contributed by atoms with Gasteiger partial charge in [0.05, 0.1) is 26.3 Å². The number of carbonyl (C=O) groups excluding carboxylic acids is 1. The molecular weight excluding hydrogens is 335 g/mol. The second-order valence-electron chi connectivity index (χ2n) is 6.44. The van der Waals surface area contributed by atoms with Gasteiger partial charge < -0.3 is 14.8 Å². The Kier molecular flexibility index (Phi) is 5.73. The van der Waals surface area contributed by atoms with Crippen LogP contribution in [0.2, 0.25) is 0 Å². The fraction of sp³-hybridized carbons (Fsp3) is 0.350. The number of carbonyl (C=O) groups is 1. The fourth-order valence-corrected chi connectivity index (χ4v) is 3.15. The van der Waals surface area contributed by atoms with Crippen LogP contribution in [-0.4, -0.2) is 38.1 Å². The molecule has 1 N–H and O–H groups in total. The molecule has 3 rings (SSSR count). The zero-order chi connectivity index (χ0) is 18.5. The number of halogens is 1. The maximum atomic E-state index is 13.8. The lowest BCUT2D eigenvalue weighted by Gasteiger charge is -2.27. The lowest BCUT2D eigenvalue weighted by atomic mass is 10.0. The van der Waals surface area contributed by atoms with E-state index < -0.39 is 5.82 Å². The van der Waals surface area contributed by atoms with Crippen molar-refractivity contribution in [1.29, 1.82) is 0 Å². The molecule has 0 saturated carbocycles. The Morgan fingerprint density at radius 1 is 1.35 bits per heavy atom. The number of fused-ring (bicyclic) bond motifs is 1. The van der Waals surface area contributed by atoms with Crippen LogP contribution in [0, 0.1) is 5.82 Å². The second-order valence-corrected chi connectivity index (χ2v) is 6.44. The first kappa shape index (κ1) is 18.2. The molecule has 1 heterocycles. The van der Waals surface area contributed by atoms with Crippen LogP contribution in [0.4, 0.5) is 4.39 Å². The highest BCUT2D eigenvalue weighted by Crippen LogP contribution is 2.31. The van der Waals surface area contributed by atoms with Crippen molar-refractivity contribution in [3.8, 4) is 11.5 Å². The molecule has 1 aliphatic heterocycles. The number of amides is 1. The summed E-state index contributed by atoms with van der Waals surface area (Å²) in [6, 6.07) is 12.5. The number of methoxy groups -OCH3 is 1. The van der Waals surface area contributed by atoms with Gasteiger partial charge in [-0.05, 0) is 30.8 Å². The van der Waals surface area contributed by atoms with Gasteiger partial charge in [-0.2, -0.15) is 0 Å². The zero-order valence-electron chi connectivity index (χ0n) is 15.0. The van der Waals surface area contributed by atoms with Crippen molar-refractivity contribution >= 4 is 5.91 Å². The second kappa shape index (κ2) is 8.19. The van der Waals surface area contributed by atoms with Gasteiger partial charge in [-0.3, -0.25) is 9.69 Å². The van der Waals surface area contributed by atoms with Crippen molar-refractivity contribution in [3.05, 3.63) is 59.4 Å². The van der Waals surface area contributed by atoms with Gasteiger partial charge in [0, 0.05) is 18.5 Å². The van der Waals surface area contributed by atoms with Gasteiger partial charge >= 0.3 is 0 Å². The van der Waals surface area contributed by atoms with Crippen LogP contribution in [0.1, 0.15) is 23.6 Å². The molecule has 5 nitrogen and oxygen atoms in total. The van der Waals surface area contributed by atoms with Gasteiger partial charge in [-0.15, -0.1) is 0 Å². The molecular formula is C20H23FN2O3. The summed E-state index contributed by atoms with van der Waals surface area (Å²) < 4.78 is 24.3. The molecule has 0 unspecified atom stereocenters. The van der Waals surface area contributed by atoms with E-state index in [1.165, 1.54) is 13.2 Å². The number of ether oxygens (including phenoxy) is 2. The Balaban J connectivity index is 1.56. The molecule has 0 radical (unpaired) electrons. The fourth-order valence-electron chi connectivity index (χ4n) is 3.15. The SMILES string of the molecule is COc1ccc(CN(C)CC(=O)N[C@H]2CCOc3ccccc32)cc1F. The van der Waals surface area contributed by atoms with E-state index in [-0.39, 0.29) is 24.2 Å². The first-order chi connectivity index (χ1) is 12.6. The van der Waals surface area contributed by atoms with Gasteiger partial charge in [0.25, 0.3) is 0 Å². The predicted octanol–water partition coefficient (Wildman–Crippen LogP) is 2.91. The maximum Gasteiger partial charge on any atom is 0.234 e. The van der Waals surface area contributed by atoms with Crippen LogP contribution < -0.4 is 14.8 Å². The van der Waals surface area contributed by atoms with Crippen LogP contribution in [0.25, 0.3) is 0 Å². The Bertz CT molecular complexity index is 781. The molecule has 2 aromatic carbocycles. The summed E-state index contributed by atoms with van der Waals surface area (Å²) in [5.41, 5.74) is 1.79. The summed E-state index contributed by atoms with van der Waals surface area (Å²) in [6.45, 7) is 1.29. The van der Waals surface area contributed by atoms with Crippen molar-refractivity contribution in [2.75, 3.05) is 27.3 Å². The molecule has 0 aliphatic carbocycles. The average Bonchev–Trinajstić information content (AvgIpc) is 2.62. The molecule has 2 aromatic rings. The monoisotopic (exact) mass is 358 g/mol. The normalized spacial score (nSPS) is 15.9. The van der Waals surface area contributed by atoms with E-state index in [0.29, 0.717) is 13.2 Å². The van der Waals surface area contributed by atoms with Gasteiger partial charge in [0.1, 0.15) is 5.75 Å². The number of nitrogens with one attached hydrogen (secondary N) is 1. The van der Waals surface area contributed by atoms with Crippen molar-refractivity contribution in [1.82, 2.24) is 10.2 Å². The maximum absolute atomic E-state index is 13.8. The Labute approximate surface area is 152 Å². The largest absolute Gasteiger partial charge is 0.494 e. The van der Waals surface area contributed by atoms with E-state index in [2.05, 4.69) is 5.32 Å².